The monoisotopic (exact) mass is 494 g/mol. The van der Waals surface area contributed by atoms with Gasteiger partial charge in [0.2, 0.25) is 11.8 Å². The third-order valence-electron chi connectivity index (χ3n) is 7.28. The van der Waals surface area contributed by atoms with Gasteiger partial charge < -0.3 is 15.1 Å². The molecule has 2 fully saturated rings. The Hall–Kier alpha value is -3.06. The summed E-state index contributed by atoms with van der Waals surface area (Å²) < 4.78 is 0. The lowest BCUT2D eigenvalue weighted by molar-refractivity contribution is -0.123. The van der Waals surface area contributed by atoms with Gasteiger partial charge >= 0.3 is 0 Å². The van der Waals surface area contributed by atoms with E-state index in [0.717, 1.165) is 69.4 Å². The van der Waals surface area contributed by atoms with Gasteiger partial charge in [-0.3, -0.25) is 19.3 Å². The van der Waals surface area contributed by atoms with Crippen molar-refractivity contribution in [2.45, 2.75) is 51.5 Å². The molecule has 2 aromatic carbocycles. The predicted octanol–water partition coefficient (Wildman–Crippen LogP) is 4.62. The summed E-state index contributed by atoms with van der Waals surface area (Å²) in [5, 5.41) is 3.52. The molecule has 2 saturated heterocycles. The predicted molar refractivity (Wildman–Crippen MR) is 138 cm³/mol. The number of carbonyl (C=O) groups excluding carboxylic acids is 3. The molecule has 7 nitrogen and oxygen atoms in total. The Morgan fingerprint density at radius 1 is 0.971 bits per heavy atom. The molecule has 0 aliphatic carbocycles. The highest BCUT2D eigenvalue weighted by Gasteiger charge is 2.40. The van der Waals surface area contributed by atoms with E-state index in [4.69, 9.17) is 11.6 Å². The van der Waals surface area contributed by atoms with Crippen LogP contribution in [0.15, 0.2) is 36.4 Å². The van der Waals surface area contributed by atoms with Crippen molar-refractivity contribution in [1.29, 1.82) is 0 Å². The minimum Gasteiger partial charge on any atom is -0.358 e. The third kappa shape index (κ3) is 4.74. The van der Waals surface area contributed by atoms with Crippen LogP contribution >= 0.6 is 11.6 Å². The first kappa shape index (κ1) is 23.7. The number of anilines is 3. The minimum absolute atomic E-state index is 0.0121. The molecule has 1 atom stereocenters. The molecule has 0 unspecified atom stereocenters. The summed E-state index contributed by atoms with van der Waals surface area (Å²) in [5.41, 5.74) is 3.63. The van der Waals surface area contributed by atoms with E-state index in [-0.39, 0.29) is 30.3 Å². The zero-order chi connectivity index (χ0) is 24.5. The third-order valence-corrected chi connectivity index (χ3v) is 7.52. The fraction of sp³-hybridized carbons (Fsp3) is 0.444. The van der Waals surface area contributed by atoms with E-state index in [1.165, 1.54) is 0 Å². The van der Waals surface area contributed by atoms with Gasteiger partial charge in [0.05, 0.1) is 11.4 Å². The quantitative estimate of drug-likeness (QED) is 0.673. The first-order valence-corrected chi connectivity index (χ1v) is 12.9. The maximum Gasteiger partial charge on any atom is 0.253 e. The molecule has 1 N–H and O–H groups in total. The van der Waals surface area contributed by atoms with Gasteiger partial charge in [0.25, 0.3) is 5.91 Å². The molecule has 3 amide bonds. The topological polar surface area (TPSA) is 73.0 Å². The molecule has 5 rings (SSSR count). The molecular weight excluding hydrogens is 464 g/mol. The van der Waals surface area contributed by atoms with E-state index < -0.39 is 0 Å². The molecule has 35 heavy (non-hydrogen) atoms. The van der Waals surface area contributed by atoms with Gasteiger partial charge in [-0.2, -0.15) is 0 Å². The van der Waals surface area contributed by atoms with Crippen LogP contribution in [-0.4, -0.2) is 54.8 Å². The van der Waals surface area contributed by atoms with E-state index in [1.54, 1.807) is 29.2 Å². The highest BCUT2D eigenvalue weighted by Crippen LogP contribution is 2.40. The molecule has 3 heterocycles. The van der Waals surface area contributed by atoms with Crippen LogP contribution in [0, 0.1) is 6.92 Å². The molecule has 0 radical (unpaired) electrons. The first-order chi connectivity index (χ1) is 16.9. The lowest BCUT2D eigenvalue weighted by atomic mass is 9.95. The first-order valence-electron chi connectivity index (χ1n) is 12.5. The molecule has 0 spiro atoms. The summed E-state index contributed by atoms with van der Waals surface area (Å²) in [6.07, 6.45) is 5.95. The number of benzene rings is 2. The van der Waals surface area contributed by atoms with Crippen LogP contribution in [0.25, 0.3) is 0 Å². The number of piperidine rings is 2. The van der Waals surface area contributed by atoms with Crippen LogP contribution in [0.2, 0.25) is 5.02 Å². The van der Waals surface area contributed by atoms with Crippen molar-refractivity contribution < 1.29 is 14.4 Å². The van der Waals surface area contributed by atoms with Crippen molar-refractivity contribution in [1.82, 2.24) is 4.90 Å². The molecule has 2 aromatic rings. The number of hydrogen-bond donors (Lipinski definition) is 1. The number of hydrogen-bond acceptors (Lipinski definition) is 4. The fourth-order valence-corrected chi connectivity index (χ4v) is 5.66. The van der Waals surface area contributed by atoms with E-state index in [1.807, 2.05) is 24.0 Å². The standard InChI is InChI=1S/C27H31ClN4O3/c1-18-15-20(28)9-10-21(18)29-25(33)17-32-24-16-19(26(34)30-12-4-2-5-13-30)8-11-22(24)31-14-6-3-7-23(31)27(32)35/h8-11,15-16,23H,2-7,12-14,17H2,1H3,(H,29,33)/t23-/m0/s1. The van der Waals surface area contributed by atoms with Gasteiger partial charge in [-0.25, -0.2) is 0 Å². The summed E-state index contributed by atoms with van der Waals surface area (Å²) >= 11 is 6.04. The number of carbonyl (C=O) groups is 3. The maximum absolute atomic E-state index is 13.6. The summed E-state index contributed by atoms with van der Waals surface area (Å²) in [7, 11) is 0. The lowest BCUT2D eigenvalue weighted by Gasteiger charge is -2.45. The van der Waals surface area contributed by atoms with Crippen LogP contribution in [0.1, 0.15) is 54.4 Å². The number of aryl methyl sites for hydroxylation is 1. The Morgan fingerprint density at radius 3 is 2.51 bits per heavy atom. The Morgan fingerprint density at radius 2 is 1.74 bits per heavy atom. The SMILES string of the molecule is Cc1cc(Cl)ccc1NC(=O)CN1C(=O)[C@@H]2CCCCN2c2ccc(C(=O)N3CCCCC3)cc21. The van der Waals surface area contributed by atoms with Crippen LogP contribution in [-0.2, 0) is 9.59 Å². The van der Waals surface area contributed by atoms with Gasteiger partial charge in [-0.1, -0.05) is 11.6 Å². The number of nitrogens with one attached hydrogen (secondary N) is 1. The number of likely N-dealkylation sites (tertiary alicyclic amines) is 1. The van der Waals surface area contributed by atoms with Crippen molar-refractivity contribution in [2.24, 2.45) is 0 Å². The second-order valence-electron chi connectivity index (χ2n) is 9.69. The van der Waals surface area contributed by atoms with Gasteiger partial charge in [0.15, 0.2) is 0 Å². The van der Waals surface area contributed by atoms with Crippen molar-refractivity contribution in [3.8, 4) is 0 Å². The number of fused-ring (bicyclic) bond motifs is 3. The van der Waals surface area contributed by atoms with Gasteiger partial charge in [0.1, 0.15) is 12.6 Å². The number of amides is 3. The lowest BCUT2D eigenvalue weighted by Crippen LogP contribution is -2.56. The van der Waals surface area contributed by atoms with Crippen molar-refractivity contribution >= 4 is 46.4 Å². The Balaban J connectivity index is 1.45. The van der Waals surface area contributed by atoms with Gasteiger partial charge in [-0.05, 0) is 87.4 Å². The fourth-order valence-electron chi connectivity index (χ4n) is 5.43. The highest BCUT2D eigenvalue weighted by atomic mass is 35.5. The summed E-state index contributed by atoms with van der Waals surface area (Å²) in [4.78, 5) is 45.5. The normalized spacial score (nSPS) is 19.8. The smallest absolute Gasteiger partial charge is 0.253 e. The van der Waals surface area contributed by atoms with E-state index >= 15 is 0 Å². The zero-order valence-electron chi connectivity index (χ0n) is 20.1. The average molecular weight is 495 g/mol. The molecule has 8 heteroatoms. The largest absolute Gasteiger partial charge is 0.358 e. The average Bonchev–Trinajstić information content (AvgIpc) is 2.88. The van der Waals surface area contributed by atoms with Crippen molar-refractivity contribution in [3.63, 3.8) is 0 Å². The van der Waals surface area contributed by atoms with Crippen LogP contribution in [0.5, 0.6) is 0 Å². The van der Waals surface area contributed by atoms with Crippen LogP contribution < -0.4 is 15.1 Å². The molecule has 0 bridgehead atoms. The highest BCUT2D eigenvalue weighted by molar-refractivity contribution is 6.30. The van der Waals surface area contributed by atoms with Crippen molar-refractivity contribution in [2.75, 3.05) is 41.3 Å². The molecule has 184 valence electrons. The van der Waals surface area contributed by atoms with Gasteiger partial charge in [0, 0.05) is 35.9 Å². The van der Waals surface area contributed by atoms with E-state index in [9.17, 15) is 14.4 Å². The molecular formula is C27H31ClN4O3. The second-order valence-corrected chi connectivity index (χ2v) is 10.1. The van der Waals surface area contributed by atoms with E-state index in [0.29, 0.717) is 22.0 Å². The Labute approximate surface area is 211 Å². The van der Waals surface area contributed by atoms with Crippen molar-refractivity contribution in [3.05, 3.63) is 52.5 Å². The van der Waals surface area contributed by atoms with Gasteiger partial charge in [-0.15, -0.1) is 0 Å². The molecule has 3 aliphatic heterocycles. The number of rotatable bonds is 4. The molecule has 0 aromatic heterocycles. The van der Waals surface area contributed by atoms with Crippen LogP contribution in [0.3, 0.4) is 0 Å². The number of halogens is 1. The Bertz CT molecular complexity index is 1160. The molecule has 3 aliphatic rings. The minimum atomic E-state index is -0.285. The summed E-state index contributed by atoms with van der Waals surface area (Å²) in [5.74, 6) is -0.378. The Kier molecular flexibility index (Phi) is 6.69. The zero-order valence-corrected chi connectivity index (χ0v) is 20.8. The summed E-state index contributed by atoms with van der Waals surface area (Å²) in [6, 6.07) is 10.6. The second kappa shape index (κ2) is 9.90. The number of nitrogens with zero attached hydrogens (tertiary/aromatic N) is 3. The maximum atomic E-state index is 13.6. The van der Waals surface area contributed by atoms with Crippen LogP contribution in [0.4, 0.5) is 17.1 Å². The molecule has 0 saturated carbocycles. The summed E-state index contributed by atoms with van der Waals surface area (Å²) in [6.45, 7) is 4.08. The van der Waals surface area contributed by atoms with E-state index in [2.05, 4.69) is 10.2 Å².